The number of aliphatic carboxylic acids is 1. The summed E-state index contributed by atoms with van der Waals surface area (Å²) in [6, 6.07) is 3.74. The molecule has 8 nitrogen and oxygen atoms in total. The molecule has 0 saturated heterocycles. The number of carbonyl (C=O) groups excluding carboxylic acids is 1. The van der Waals surface area contributed by atoms with Crippen LogP contribution in [0.15, 0.2) is 18.3 Å². The number of hydrogen-bond acceptors (Lipinski definition) is 5. The van der Waals surface area contributed by atoms with E-state index in [9.17, 15) is 9.59 Å². The van der Waals surface area contributed by atoms with E-state index in [1.165, 1.54) is 0 Å². The third-order valence-electron chi connectivity index (χ3n) is 4.32. The number of ether oxygens (including phenoxy) is 1. The van der Waals surface area contributed by atoms with Crippen molar-refractivity contribution in [3.63, 3.8) is 0 Å². The first kappa shape index (κ1) is 20.0. The van der Waals surface area contributed by atoms with Crippen molar-refractivity contribution in [2.45, 2.75) is 58.3 Å². The zero-order valence-electron chi connectivity index (χ0n) is 15.6. The molecule has 1 aliphatic rings. The number of urea groups is 1. The maximum Gasteiger partial charge on any atom is 0.317 e. The van der Waals surface area contributed by atoms with E-state index < -0.39 is 5.97 Å². The van der Waals surface area contributed by atoms with Crippen LogP contribution in [0.4, 0.5) is 4.79 Å². The summed E-state index contributed by atoms with van der Waals surface area (Å²) in [5.74, 6) is -0.255. The first-order chi connectivity index (χ1) is 12.4. The summed E-state index contributed by atoms with van der Waals surface area (Å²) in [4.78, 5) is 28.9. The lowest BCUT2D eigenvalue weighted by Gasteiger charge is -2.42. The van der Waals surface area contributed by atoms with E-state index in [2.05, 4.69) is 15.6 Å². The van der Waals surface area contributed by atoms with Gasteiger partial charge in [0.2, 0.25) is 5.88 Å². The third kappa shape index (κ3) is 6.18. The fraction of sp³-hybridized carbons (Fsp3) is 0.611. The highest BCUT2D eigenvalue weighted by Gasteiger charge is 2.34. The average molecular weight is 364 g/mol. The Labute approximate surface area is 153 Å². The Morgan fingerprint density at radius 1 is 1.38 bits per heavy atom. The highest BCUT2D eigenvalue weighted by molar-refractivity contribution is 5.74. The highest BCUT2D eigenvalue weighted by atomic mass is 16.5. The molecule has 1 fully saturated rings. The minimum absolute atomic E-state index is 0.0452. The fourth-order valence-electron chi connectivity index (χ4n) is 2.92. The van der Waals surface area contributed by atoms with Gasteiger partial charge in [-0.3, -0.25) is 9.69 Å². The highest BCUT2D eigenvalue weighted by Crippen LogP contribution is 2.25. The molecule has 1 heterocycles. The summed E-state index contributed by atoms with van der Waals surface area (Å²) in [5.41, 5.74) is 0.890. The third-order valence-corrected chi connectivity index (χ3v) is 4.32. The molecule has 0 bridgehead atoms. The first-order valence-electron chi connectivity index (χ1n) is 8.99. The molecule has 2 amide bonds. The van der Waals surface area contributed by atoms with Gasteiger partial charge in [-0.25, -0.2) is 9.78 Å². The van der Waals surface area contributed by atoms with Crippen LogP contribution in [0.5, 0.6) is 5.88 Å². The van der Waals surface area contributed by atoms with Crippen LogP contribution in [-0.2, 0) is 11.3 Å². The largest absolute Gasteiger partial charge is 0.480 e. The maximum absolute atomic E-state index is 12.0. The molecule has 1 aromatic heterocycles. The minimum atomic E-state index is -0.820. The maximum atomic E-state index is 12.0. The Morgan fingerprint density at radius 2 is 2.12 bits per heavy atom. The van der Waals surface area contributed by atoms with E-state index in [0.29, 0.717) is 19.0 Å². The van der Waals surface area contributed by atoms with Crippen LogP contribution in [0.1, 0.15) is 39.2 Å². The lowest BCUT2D eigenvalue weighted by molar-refractivity contribution is -0.139. The van der Waals surface area contributed by atoms with Gasteiger partial charge < -0.3 is 20.5 Å². The standard InChI is InChI=1S/C18H28N4O4/c1-4-22(11-17(23)24)15-7-14(8-15)21-18(25)20-10-13-5-6-16(19-9-13)26-12(2)3/h5-6,9,12,14-15H,4,7-8,10-11H2,1-3H3,(H,23,24)(H2,20,21,25). The van der Waals surface area contributed by atoms with E-state index in [0.717, 1.165) is 18.4 Å². The molecule has 8 heteroatoms. The molecule has 3 N–H and O–H groups in total. The van der Waals surface area contributed by atoms with Gasteiger partial charge in [-0.1, -0.05) is 13.0 Å². The van der Waals surface area contributed by atoms with Crippen LogP contribution >= 0.6 is 0 Å². The van der Waals surface area contributed by atoms with Crippen LogP contribution in [0.25, 0.3) is 0 Å². The van der Waals surface area contributed by atoms with Gasteiger partial charge >= 0.3 is 12.0 Å². The van der Waals surface area contributed by atoms with Gasteiger partial charge in [0.05, 0.1) is 12.6 Å². The second kappa shape index (κ2) is 9.38. The summed E-state index contributed by atoms with van der Waals surface area (Å²) < 4.78 is 5.48. The normalized spacial score (nSPS) is 19.1. The molecule has 0 radical (unpaired) electrons. The number of carbonyl (C=O) groups is 2. The van der Waals surface area contributed by atoms with Gasteiger partial charge in [-0.15, -0.1) is 0 Å². The summed E-state index contributed by atoms with van der Waals surface area (Å²) >= 11 is 0. The number of carboxylic acids is 1. The Balaban J connectivity index is 1.68. The second-order valence-corrected chi connectivity index (χ2v) is 6.78. The number of aromatic nitrogens is 1. The number of nitrogens with one attached hydrogen (secondary N) is 2. The van der Waals surface area contributed by atoms with E-state index >= 15 is 0 Å². The van der Waals surface area contributed by atoms with Gasteiger partial charge in [-0.05, 0) is 38.8 Å². The molecule has 0 spiro atoms. The van der Waals surface area contributed by atoms with E-state index in [1.807, 2.05) is 31.7 Å². The van der Waals surface area contributed by atoms with Crippen LogP contribution in [0, 0.1) is 0 Å². The van der Waals surface area contributed by atoms with Gasteiger partial charge in [0.25, 0.3) is 0 Å². The predicted octanol–water partition coefficient (Wildman–Crippen LogP) is 1.61. The molecular weight excluding hydrogens is 336 g/mol. The van der Waals surface area contributed by atoms with Crippen LogP contribution < -0.4 is 15.4 Å². The van der Waals surface area contributed by atoms with Gasteiger partial charge in [-0.2, -0.15) is 0 Å². The SMILES string of the molecule is CCN(CC(=O)O)C1CC(NC(=O)NCc2ccc(OC(C)C)nc2)C1. The van der Waals surface area contributed by atoms with Crippen molar-refractivity contribution >= 4 is 12.0 Å². The zero-order chi connectivity index (χ0) is 19.1. The quantitative estimate of drug-likeness (QED) is 0.615. The first-order valence-corrected chi connectivity index (χ1v) is 8.99. The molecule has 0 unspecified atom stereocenters. The van der Waals surface area contributed by atoms with Gasteiger partial charge in [0.15, 0.2) is 0 Å². The number of carboxylic acid groups (broad SMARTS) is 1. The van der Waals surface area contributed by atoms with Crippen molar-refractivity contribution in [3.05, 3.63) is 23.9 Å². The van der Waals surface area contributed by atoms with Crippen LogP contribution in [-0.4, -0.2) is 58.3 Å². The van der Waals surface area contributed by atoms with Gasteiger partial charge in [0, 0.05) is 30.9 Å². The number of likely N-dealkylation sites (N-methyl/N-ethyl adjacent to an activating group) is 1. The summed E-state index contributed by atoms with van der Waals surface area (Å²) in [6.45, 7) is 6.95. The number of pyridine rings is 1. The number of nitrogens with zero attached hydrogens (tertiary/aromatic N) is 2. The molecule has 1 aromatic rings. The summed E-state index contributed by atoms with van der Waals surface area (Å²) in [7, 11) is 0. The molecular formula is C18H28N4O4. The van der Waals surface area contributed by atoms with Crippen LogP contribution in [0.3, 0.4) is 0 Å². The lowest BCUT2D eigenvalue weighted by Crippen LogP contribution is -2.56. The molecule has 0 aliphatic heterocycles. The Morgan fingerprint density at radius 3 is 2.65 bits per heavy atom. The molecule has 26 heavy (non-hydrogen) atoms. The van der Waals surface area contributed by atoms with Crippen molar-refractivity contribution < 1.29 is 19.4 Å². The number of rotatable bonds is 9. The predicted molar refractivity (Wildman–Crippen MR) is 97.1 cm³/mol. The molecule has 1 aliphatic carbocycles. The fourth-order valence-corrected chi connectivity index (χ4v) is 2.92. The van der Waals surface area contributed by atoms with Crippen molar-refractivity contribution in [2.75, 3.05) is 13.1 Å². The zero-order valence-corrected chi connectivity index (χ0v) is 15.6. The summed E-state index contributed by atoms with van der Waals surface area (Å²) in [5, 5.41) is 14.6. The number of hydrogen-bond donors (Lipinski definition) is 3. The van der Waals surface area contributed by atoms with Crippen LogP contribution in [0.2, 0.25) is 0 Å². The van der Waals surface area contributed by atoms with E-state index in [-0.39, 0.29) is 30.8 Å². The molecule has 2 rings (SSSR count). The Kier molecular flexibility index (Phi) is 7.20. The van der Waals surface area contributed by atoms with Crippen molar-refractivity contribution in [1.82, 2.24) is 20.5 Å². The minimum Gasteiger partial charge on any atom is -0.480 e. The summed E-state index contributed by atoms with van der Waals surface area (Å²) in [6.07, 6.45) is 3.31. The van der Waals surface area contributed by atoms with Crippen molar-refractivity contribution in [2.24, 2.45) is 0 Å². The second-order valence-electron chi connectivity index (χ2n) is 6.78. The molecule has 0 aromatic carbocycles. The Hall–Kier alpha value is -2.35. The van der Waals surface area contributed by atoms with E-state index in [4.69, 9.17) is 9.84 Å². The monoisotopic (exact) mass is 364 g/mol. The van der Waals surface area contributed by atoms with Crippen molar-refractivity contribution in [1.29, 1.82) is 0 Å². The molecule has 1 saturated carbocycles. The lowest BCUT2D eigenvalue weighted by atomic mass is 9.85. The van der Waals surface area contributed by atoms with Gasteiger partial charge in [0.1, 0.15) is 0 Å². The molecule has 0 atom stereocenters. The Bertz CT molecular complexity index is 600. The smallest absolute Gasteiger partial charge is 0.317 e. The molecule has 144 valence electrons. The topological polar surface area (TPSA) is 104 Å². The number of amides is 2. The van der Waals surface area contributed by atoms with Crippen molar-refractivity contribution in [3.8, 4) is 5.88 Å². The van der Waals surface area contributed by atoms with E-state index in [1.54, 1.807) is 12.3 Å². The average Bonchev–Trinajstić information content (AvgIpc) is 2.54.